The molecule has 0 unspecified atom stereocenters. The molecule has 0 fully saturated rings. The summed E-state index contributed by atoms with van der Waals surface area (Å²) in [5.74, 6) is 1.43. The number of thiophene rings is 1. The van der Waals surface area contributed by atoms with Crippen molar-refractivity contribution in [3.8, 4) is 0 Å². The molecule has 5 heteroatoms. The fraction of sp³-hybridized carbons (Fsp3) is 0.273. The van der Waals surface area contributed by atoms with Crippen LogP contribution in [0.5, 0.6) is 0 Å². The van der Waals surface area contributed by atoms with Gasteiger partial charge in [0.2, 0.25) is 0 Å². The Kier molecular flexibility index (Phi) is 3.05. The summed E-state index contributed by atoms with van der Waals surface area (Å²) in [6.45, 7) is 2.77. The maximum atomic E-state index is 5.76. The third-order valence-corrected chi connectivity index (χ3v) is 3.19. The van der Waals surface area contributed by atoms with Crippen molar-refractivity contribution in [1.82, 2.24) is 9.97 Å². The minimum Gasteiger partial charge on any atom is -0.383 e. The molecule has 0 bridgehead atoms. The highest BCUT2D eigenvalue weighted by Gasteiger charge is 2.09. The van der Waals surface area contributed by atoms with Gasteiger partial charge in [-0.25, -0.2) is 9.97 Å². The van der Waals surface area contributed by atoms with Gasteiger partial charge in [-0.05, 0) is 29.3 Å². The first-order chi connectivity index (χ1) is 7.68. The summed E-state index contributed by atoms with van der Waals surface area (Å²) in [6.07, 6.45) is 1.50. The number of hydrogen-bond acceptors (Lipinski definition) is 5. The van der Waals surface area contributed by atoms with E-state index < -0.39 is 0 Å². The number of nitrogen functional groups attached to an aromatic ring is 1. The molecule has 0 atom stereocenters. The van der Waals surface area contributed by atoms with Crippen LogP contribution in [0.15, 0.2) is 23.2 Å². The Hall–Kier alpha value is -1.62. The number of rotatable bonds is 3. The van der Waals surface area contributed by atoms with E-state index in [1.807, 2.05) is 14.0 Å². The van der Waals surface area contributed by atoms with Crippen molar-refractivity contribution in [1.29, 1.82) is 0 Å². The number of nitrogens with zero attached hydrogens (tertiary/aromatic N) is 3. The lowest BCUT2D eigenvalue weighted by atomic mass is 10.2. The fourth-order valence-electron chi connectivity index (χ4n) is 1.57. The summed E-state index contributed by atoms with van der Waals surface area (Å²) in [5, 5.41) is 4.21. The Balaban J connectivity index is 2.21. The Morgan fingerprint density at radius 1 is 1.44 bits per heavy atom. The molecule has 84 valence electrons. The highest BCUT2D eigenvalue weighted by atomic mass is 32.1. The monoisotopic (exact) mass is 234 g/mol. The Morgan fingerprint density at radius 3 is 2.94 bits per heavy atom. The maximum absolute atomic E-state index is 5.76. The third-order valence-electron chi connectivity index (χ3n) is 2.46. The van der Waals surface area contributed by atoms with Crippen molar-refractivity contribution in [2.45, 2.75) is 13.5 Å². The van der Waals surface area contributed by atoms with E-state index in [4.69, 9.17) is 5.73 Å². The summed E-state index contributed by atoms with van der Waals surface area (Å²) in [6, 6.07) is 2.11. The second-order valence-corrected chi connectivity index (χ2v) is 4.48. The summed E-state index contributed by atoms with van der Waals surface area (Å²) < 4.78 is 0. The van der Waals surface area contributed by atoms with Gasteiger partial charge in [0.05, 0.1) is 0 Å². The lowest BCUT2D eigenvalue weighted by Crippen LogP contribution is -2.19. The molecular weight excluding hydrogens is 220 g/mol. The van der Waals surface area contributed by atoms with Crippen LogP contribution in [-0.2, 0) is 6.54 Å². The van der Waals surface area contributed by atoms with E-state index >= 15 is 0 Å². The zero-order chi connectivity index (χ0) is 11.5. The van der Waals surface area contributed by atoms with Crippen LogP contribution in [0.2, 0.25) is 0 Å². The number of hydrogen-bond donors (Lipinski definition) is 1. The number of aromatic nitrogens is 2. The van der Waals surface area contributed by atoms with E-state index in [1.165, 1.54) is 11.9 Å². The van der Waals surface area contributed by atoms with E-state index in [9.17, 15) is 0 Å². The first-order valence-electron chi connectivity index (χ1n) is 4.97. The molecule has 0 aromatic carbocycles. The zero-order valence-electron chi connectivity index (χ0n) is 9.34. The van der Waals surface area contributed by atoms with Crippen LogP contribution >= 0.6 is 11.3 Å². The van der Waals surface area contributed by atoms with Crippen LogP contribution in [0.25, 0.3) is 0 Å². The van der Waals surface area contributed by atoms with Crippen molar-refractivity contribution in [3.63, 3.8) is 0 Å². The highest BCUT2D eigenvalue weighted by molar-refractivity contribution is 7.07. The van der Waals surface area contributed by atoms with E-state index in [0.717, 1.165) is 17.9 Å². The standard InChI is InChI=1S/C11H14N4S/c1-8-10(12)13-7-14-11(8)15(2)5-9-3-4-16-6-9/h3-4,6-7H,5H2,1-2H3,(H2,12,13,14). The van der Waals surface area contributed by atoms with Gasteiger partial charge in [0.25, 0.3) is 0 Å². The maximum Gasteiger partial charge on any atom is 0.137 e. The molecule has 0 aliphatic rings. The van der Waals surface area contributed by atoms with Gasteiger partial charge in [-0.15, -0.1) is 0 Å². The minimum atomic E-state index is 0.544. The molecule has 0 aliphatic carbocycles. The van der Waals surface area contributed by atoms with E-state index in [2.05, 4.69) is 31.7 Å². The van der Waals surface area contributed by atoms with Gasteiger partial charge in [0.15, 0.2) is 0 Å². The van der Waals surface area contributed by atoms with Crippen molar-refractivity contribution < 1.29 is 0 Å². The first-order valence-corrected chi connectivity index (χ1v) is 5.92. The molecule has 0 aliphatic heterocycles. The van der Waals surface area contributed by atoms with Crippen LogP contribution in [0, 0.1) is 6.92 Å². The van der Waals surface area contributed by atoms with E-state index in [-0.39, 0.29) is 0 Å². The topological polar surface area (TPSA) is 55.0 Å². The van der Waals surface area contributed by atoms with Crippen molar-refractivity contribution in [2.24, 2.45) is 0 Å². The normalized spacial score (nSPS) is 10.4. The quantitative estimate of drug-likeness (QED) is 0.883. The van der Waals surface area contributed by atoms with E-state index in [1.54, 1.807) is 11.3 Å². The Labute approximate surface area is 98.8 Å². The second kappa shape index (κ2) is 4.49. The molecule has 0 radical (unpaired) electrons. The lowest BCUT2D eigenvalue weighted by Gasteiger charge is -2.19. The molecule has 2 heterocycles. The number of nitrogens with two attached hydrogens (primary N) is 1. The average Bonchev–Trinajstić information content (AvgIpc) is 2.74. The Morgan fingerprint density at radius 2 is 2.25 bits per heavy atom. The molecule has 0 saturated carbocycles. The third kappa shape index (κ3) is 2.14. The fourth-order valence-corrected chi connectivity index (χ4v) is 2.23. The summed E-state index contributed by atoms with van der Waals surface area (Å²) in [4.78, 5) is 10.3. The van der Waals surface area contributed by atoms with Gasteiger partial charge in [0.1, 0.15) is 18.0 Å². The van der Waals surface area contributed by atoms with E-state index in [0.29, 0.717) is 5.82 Å². The van der Waals surface area contributed by atoms with Crippen molar-refractivity contribution in [2.75, 3.05) is 17.7 Å². The highest BCUT2D eigenvalue weighted by Crippen LogP contribution is 2.20. The predicted octanol–water partition coefficient (Wildman–Crippen LogP) is 2.07. The SMILES string of the molecule is Cc1c(N)ncnc1N(C)Cc1ccsc1. The van der Waals surface area contributed by atoms with Gasteiger partial charge in [-0.2, -0.15) is 11.3 Å². The van der Waals surface area contributed by atoms with Gasteiger partial charge in [0, 0.05) is 19.2 Å². The minimum absolute atomic E-state index is 0.544. The predicted molar refractivity (Wildman–Crippen MR) is 67.6 cm³/mol. The molecule has 2 N–H and O–H groups in total. The number of anilines is 2. The van der Waals surface area contributed by atoms with Gasteiger partial charge >= 0.3 is 0 Å². The van der Waals surface area contributed by atoms with Crippen molar-refractivity contribution in [3.05, 3.63) is 34.3 Å². The van der Waals surface area contributed by atoms with Gasteiger partial charge in [-0.1, -0.05) is 0 Å². The molecule has 2 aromatic heterocycles. The molecule has 2 aromatic rings. The first kappa shape index (κ1) is 10.9. The molecular formula is C11H14N4S. The molecule has 0 amide bonds. The second-order valence-electron chi connectivity index (χ2n) is 3.70. The zero-order valence-corrected chi connectivity index (χ0v) is 10.2. The molecule has 16 heavy (non-hydrogen) atoms. The molecule has 0 spiro atoms. The van der Waals surface area contributed by atoms with Gasteiger partial charge in [-0.3, -0.25) is 0 Å². The summed E-state index contributed by atoms with van der Waals surface area (Å²) in [7, 11) is 2.01. The lowest BCUT2D eigenvalue weighted by molar-refractivity contribution is 0.887. The Bertz CT molecular complexity index is 467. The van der Waals surface area contributed by atoms with Gasteiger partial charge < -0.3 is 10.6 Å². The average molecular weight is 234 g/mol. The molecule has 4 nitrogen and oxygen atoms in total. The largest absolute Gasteiger partial charge is 0.383 e. The smallest absolute Gasteiger partial charge is 0.137 e. The van der Waals surface area contributed by atoms with Crippen LogP contribution < -0.4 is 10.6 Å². The molecule has 2 rings (SSSR count). The molecule has 0 saturated heterocycles. The van der Waals surface area contributed by atoms with Crippen LogP contribution in [0.1, 0.15) is 11.1 Å². The summed E-state index contributed by atoms with van der Waals surface area (Å²) >= 11 is 1.70. The summed E-state index contributed by atoms with van der Waals surface area (Å²) in [5.41, 5.74) is 7.97. The van der Waals surface area contributed by atoms with Crippen LogP contribution in [-0.4, -0.2) is 17.0 Å². The van der Waals surface area contributed by atoms with Crippen molar-refractivity contribution >= 4 is 23.0 Å². The van der Waals surface area contributed by atoms with Crippen LogP contribution in [0.3, 0.4) is 0 Å². The van der Waals surface area contributed by atoms with Crippen LogP contribution in [0.4, 0.5) is 11.6 Å².